The molecule has 3 aromatic rings. The van der Waals surface area contributed by atoms with Gasteiger partial charge in [-0.2, -0.15) is 18.4 Å². The van der Waals surface area contributed by atoms with Gasteiger partial charge in [0.05, 0.1) is 22.7 Å². The number of likely N-dealkylation sites (tertiary alicyclic amines) is 1. The number of aromatic nitrogens is 1. The van der Waals surface area contributed by atoms with Crippen molar-refractivity contribution in [3.63, 3.8) is 0 Å². The highest BCUT2D eigenvalue weighted by atomic mass is 19.4. The third-order valence-corrected chi connectivity index (χ3v) is 5.63. The molecule has 154 valence electrons. The minimum Gasteiger partial charge on any atom is -0.366 e. The second-order valence-electron chi connectivity index (χ2n) is 7.60. The van der Waals surface area contributed by atoms with Gasteiger partial charge in [-0.25, -0.2) is 0 Å². The fourth-order valence-corrected chi connectivity index (χ4v) is 4.07. The first kappa shape index (κ1) is 20.2. The quantitative estimate of drug-likeness (QED) is 0.598. The Hall–Kier alpha value is -3.11. The maximum atomic E-state index is 13.4. The molecule has 4 nitrogen and oxygen atoms in total. The number of hydrogen-bond acceptors (Lipinski definition) is 4. The summed E-state index contributed by atoms with van der Waals surface area (Å²) in [5.74, 6) is 0. The highest BCUT2D eigenvalue weighted by Gasteiger charge is 2.35. The third-order valence-electron chi connectivity index (χ3n) is 5.63. The topological polar surface area (TPSA) is 52.0 Å². The van der Waals surface area contributed by atoms with E-state index in [1.807, 2.05) is 30.3 Å². The van der Waals surface area contributed by atoms with Crippen LogP contribution in [0.4, 0.5) is 18.9 Å². The van der Waals surface area contributed by atoms with E-state index in [0.29, 0.717) is 11.7 Å². The number of anilines is 1. The number of nitrogens with one attached hydrogen (secondary N) is 1. The van der Waals surface area contributed by atoms with Crippen LogP contribution in [0.15, 0.2) is 54.7 Å². The zero-order chi connectivity index (χ0) is 21.3. The lowest BCUT2D eigenvalue weighted by Gasteiger charge is -2.33. The average Bonchev–Trinajstić information content (AvgIpc) is 3.16. The van der Waals surface area contributed by atoms with E-state index in [9.17, 15) is 13.2 Å². The molecule has 0 amide bonds. The molecule has 1 N–H and O–H groups in total. The minimum absolute atomic E-state index is 0.294. The maximum Gasteiger partial charge on any atom is 0.417 e. The molecule has 1 fully saturated rings. The Morgan fingerprint density at radius 1 is 1.20 bits per heavy atom. The van der Waals surface area contributed by atoms with Crippen LogP contribution in [-0.4, -0.2) is 22.5 Å². The predicted molar refractivity (Wildman–Crippen MR) is 110 cm³/mol. The standard InChI is InChI=1S/C23H21F3N4/c1-15-4-3-11-30(15)22(17-7-6-16-5-2-10-28-21(16)12-17)29-19-9-8-18(14-27)20(13-19)23(24,25)26/h2,5-10,12-13,15,22,29H,3-4,11H2,1H3. The van der Waals surface area contributed by atoms with Gasteiger partial charge in [0.15, 0.2) is 0 Å². The fraction of sp³-hybridized carbons (Fsp3) is 0.304. The summed E-state index contributed by atoms with van der Waals surface area (Å²) in [6.45, 7) is 2.97. The number of nitriles is 1. The van der Waals surface area contributed by atoms with Crippen molar-refractivity contribution in [3.05, 3.63) is 71.4 Å². The van der Waals surface area contributed by atoms with E-state index in [2.05, 4.69) is 22.1 Å². The summed E-state index contributed by atoms with van der Waals surface area (Å²) in [5.41, 5.74) is 0.793. The van der Waals surface area contributed by atoms with E-state index in [1.165, 1.54) is 12.1 Å². The lowest BCUT2D eigenvalue weighted by molar-refractivity contribution is -0.137. The molecule has 1 aromatic heterocycles. The van der Waals surface area contributed by atoms with Gasteiger partial charge in [0, 0.05) is 29.9 Å². The lowest BCUT2D eigenvalue weighted by atomic mass is 10.0. The van der Waals surface area contributed by atoms with E-state index in [4.69, 9.17) is 5.26 Å². The van der Waals surface area contributed by atoms with Crippen molar-refractivity contribution in [1.82, 2.24) is 9.88 Å². The maximum absolute atomic E-state index is 13.4. The molecule has 0 spiro atoms. The van der Waals surface area contributed by atoms with Gasteiger partial charge in [0.2, 0.25) is 0 Å². The first-order valence-electron chi connectivity index (χ1n) is 9.85. The molecule has 0 aliphatic carbocycles. The molecule has 0 radical (unpaired) electrons. The van der Waals surface area contributed by atoms with Crippen LogP contribution < -0.4 is 5.32 Å². The van der Waals surface area contributed by atoms with Gasteiger partial charge in [-0.1, -0.05) is 18.2 Å². The number of fused-ring (bicyclic) bond motifs is 1. The summed E-state index contributed by atoms with van der Waals surface area (Å²) < 4.78 is 40.2. The van der Waals surface area contributed by atoms with E-state index in [1.54, 1.807) is 12.3 Å². The zero-order valence-corrected chi connectivity index (χ0v) is 16.4. The number of halogens is 3. The molecule has 2 unspecified atom stereocenters. The second kappa shape index (κ2) is 7.96. The van der Waals surface area contributed by atoms with Crippen molar-refractivity contribution in [3.8, 4) is 6.07 Å². The van der Waals surface area contributed by atoms with Crippen molar-refractivity contribution in [2.75, 3.05) is 11.9 Å². The van der Waals surface area contributed by atoms with Crippen LogP contribution in [0.3, 0.4) is 0 Å². The number of benzene rings is 2. The Morgan fingerprint density at radius 3 is 2.73 bits per heavy atom. The predicted octanol–water partition coefficient (Wildman–Crippen LogP) is 5.72. The van der Waals surface area contributed by atoms with Gasteiger partial charge in [0.1, 0.15) is 6.17 Å². The highest BCUT2D eigenvalue weighted by molar-refractivity contribution is 5.79. The molecular weight excluding hydrogens is 389 g/mol. The molecule has 0 saturated carbocycles. The molecule has 0 bridgehead atoms. The molecular formula is C23H21F3N4. The van der Waals surface area contributed by atoms with Crippen LogP contribution in [0.2, 0.25) is 0 Å². The number of nitrogens with zero attached hydrogens (tertiary/aromatic N) is 3. The monoisotopic (exact) mass is 410 g/mol. The first-order chi connectivity index (χ1) is 14.4. The Balaban J connectivity index is 1.75. The van der Waals surface area contributed by atoms with Gasteiger partial charge in [-0.3, -0.25) is 9.88 Å². The van der Waals surface area contributed by atoms with Crippen LogP contribution in [0.1, 0.15) is 42.6 Å². The lowest BCUT2D eigenvalue weighted by Crippen LogP contribution is -2.36. The summed E-state index contributed by atoms with van der Waals surface area (Å²) >= 11 is 0. The van der Waals surface area contributed by atoms with Crippen molar-refractivity contribution in [2.24, 2.45) is 0 Å². The van der Waals surface area contributed by atoms with Crippen molar-refractivity contribution in [1.29, 1.82) is 5.26 Å². The Labute approximate surface area is 173 Å². The highest BCUT2D eigenvalue weighted by Crippen LogP contribution is 2.36. The van der Waals surface area contributed by atoms with Gasteiger partial charge >= 0.3 is 6.18 Å². The van der Waals surface area contributed by atoms with E-state index in [0.717, 1.165) is 41.9 Å². The van der Waals surface area contributed by atoms with Crippen LogP contribution in [0, 0.1) is 11.3 Å². The van der Waals surface area contributed by atoms with Gasteiger partial charge in [0.25, 0.3) is 0 Å². The van der Waals surface area contributed by atoms with E-state index >= 15 is 0 Å². The smallest absolute Gasteiger partial charge is 0.366 e. The fourth-order valence-electron chi connectivity index (χ4n) is 4.07. The molecule has 4 rings (SSSR count). The van der Waals surface area contributed by atoms with Crippen LogP contribution >= 0.6 is 0 Å². The van der Waals surface area contributed by atoms with Crippen LogP contribution in [-0.2, 0) is 6.18 Å². The second-order valence-corrected chi connectivity index (χ2v) is 7.60. The summed E-state index contributed by atoms with van der Waals surface area (Å²) in [7, 11) is 0. The minimum atomic E-state index is -4.59. The van der Waals surface area contributed by atoms with Crippen molar-refractivity contribution < 1.29 is 13.2 Å². The first-order valence-corrected chi connectivity index (χ1v) is 9.85. The van der Waals surface area contributed by atoms with Gasteiger partial charge in [-0.05, 0) is 55.7 Å². The summed E-state index contributed by atoms with van der Waals surface area (Å²) in [6.07, 6.45) is -1.10. The van der Waals surface area contributed by atoms with Crippen LogP contribution in [0.5, 0.6) is 0 Å². The Morgan fingerprint density at radius 2 is 2.03 bits per heavy atom. The number of alkyl halides is 3. The van der Waals surface area contributed by atoms with Gasteiger partial charge < -0.3 is 5.32 Å². The molecule has 1 aliphatic heterocycles. The largest absolute Gasteiger partial charge is 0.417 e. The zero-order valence-electron chi connectivity index (χ0n) is 16.4. The summed E-state index contributed by atoms with van der Waals surface area (Å²) in [6, 6.07) is 15.5. The molecule has 7 heteroatoms. The average molecular weight is 410 g/mol. The Bertz CT molecular complexity index is 1100. The van der Waals surface area contributed by atoms with Crippen molar-refractivity contribution in [2.45, 2.75) is 38.1 Å². The number of pyridine rings is 1. The Kier molecular flexibility index (Phi) is 5.35. The molecule has 30 heavy (non-hydrogen) atoms. The van der Waals surface area contributed by atoms with E-state index in [-0.39, 0.29) is 11.7 Å². The number of hydrogen-bond donors (Lipinski definition) is 1. The molecule has 1 aliphatic rings. The van der Waals surface area contributed by atoms with Gasteiger partial charge in [-0.15, -0.1) is 0 Å². The van der Waals surface area contributed by atoms with Crippen LogP contribution in [0.25, 0.3) is 10.9 Å². The summed E-state index contributed by atoms with van der Waals surface area (Å²) in [5, 5.41) is 13.3. The van der Waals surface area contributed by atoms with E-state index < -0.39 is 11.7 Å². The molecule has 1 saturated heterocycles. The number of rotatable bonds is 4. The SMILES string of the molecule is CC1CCCN1C(Nc1ccc(C#N)c(C(F)(F)F)c1)c1ccc2cccnc2c1. The molecule has 2 atom stereocenters. The molecule has 2 heterocycles. The normalized spacial score (nSPS) is 18.3. The van der Waals surface area contributed by atoms with Crippen molar-refractivity contribution >= 4 is 16.6 Å². The molecule has 2 aromatic carbocycles. The summed E-state index contributed by atoms with van der Waals surface area (Å²) in [4.78, 5) is 6.67. The third kappa shape index (κ3) is 3.96.